The number of hydrogen-bond donors (Lipinski definition) is 1. The molecule has 0 spiro atoms. The molecule has 1 aromatic heterocycles. The maximum Gasteiger partial charge on any atom is 0.351 e. The molecule has 0 unspecified atom stereocenters. The van der Waals surface area contributed by atoms with Crippen molar-refractivity contribution in [1.29, 1.82) is 0 Å². The van der Waals surface area contributed by atoms with Crippen molar-refractivity contribution >= 4 is 0 Å². The van der Waals surface area contributed by atoms with Gasteiger partial charge in [0.05, 0.1) is 12.7 Å². The van der Waals surface area contributed by atoms with Gasteiger partial charge in [0.1, 0.15) is 11.6 Å². The normalized spacial score (nSPS) is 10.1. The Morgan fingerprint density at radius 3 is 2.75 bits per heavy atom. The van der Waals surface area contributed by atoms with E-state index in [1.807, 2.05) is 0 Å². The van der Waals surface area contributed by atoms with Crippen LogP contribution in [0.25, 0.3) is 11.4 Å². The first-order valence-electron chi connectivity index (χ1n) is 4.48. The lowest BCUT2D eigenvalue weighted by atomic mass is 10.2. The molecule has 0 aliphatic heterocycles. The van der Waals surface area contributed by atoms with Crippen molar-refractivity contribution in [2.24, 2.45) is 0 Å². The van der Waals surface area contributed by atoms with Gasteiger partial charge >= 0.3 is 11.7 Å². The number of ether oxygens (including phenoxy) is 1. The second-order valence-electron chi connectivity index (χ2n) is 2.97. The molecule has 82 valence electrons. The Balaban J connectivity index is 2.60. The summed E-state index contributed by atoms with van der Waals surface area (Å²) < 4.78 is 18.2. The number of aromatic nitrogens is 3. The van der Waals surface area contributed by atoms with Crippen LogP contribution in [0.3, 0.4) is 0 Å². The van der Waals surface area contributed by atoms with Gasteiger partial charge in [-0.25, -0.2) is 9.18 Å². The highest BCUT2D eigenvalue weighted by Gasteiger charge is 2.09. The fourth-order valence-corrected chi connectivity index (χ4v) is 1.24. The molecule has 0 saturated heterocycles. The van der Waals surface area contributed by atoms with Crippen LogP contribution in [0.15, 0.2) is 29.1 Å². The van der Waals surface area contributed by atoms with Crippen LogP contribution in [0, 0.1) is 5.82 Å². The first kappa shape index (κ1) is 10.3. The van der Waals surface area contributed by atoms with Crippen molar-refractivity contribution < 1.29 is 9.13 Å². The lowest BCUT2D eigenvalue weighted by molar-refractivity contribution is 0.376. The number of halogens is 1. The van der Waals surface area contributed by atoms with Gasteiger partial charge in [-0.3, -0.25) is 4.98 Å². The van der Waals surface area contributed by atoms with Crippen molar-refractivity contribution in [1.82, 2.24) is 15.0 Å². The molecule has 0 saturated carbocycles. The Labute approximate surface area is 90.0 Å². The van der Waals surface area contributed by atoms with Gasteiger partial charge in [-0.2, -0.15) is 4.98 Å². The second-order valence-corrected chi connectivity index (χ2v) is 2.97. The lowest BCUT2D eigenvalue weighted by Crippen LogP contribution is -2.14. The van der Waals surface area contributed by atoms with E-state index in [9.17, 15) is 9.18 Å². The van der Waals surface area contributed by atoms with Crippen molar-refractivity contribution in [2.75, 3.05) is 7.11 Å². The topological polar surface area (TPSA) is 67.9 Å². The van der Waals surface area contributed by atoms with Crippen LogP contribution in [0.1, 0.15) is 0 Å². The summed E-state index contributed by atoms with van der Waals surface area (Å²) >= 11 is 0. The Morgan fingerprint density at radius 1 is 1.31 bits per heavy atom. The summed E-state index contributed by atoms with van der Waals surface area (Å²) in [5.41, 5.74) is -0.439. The number of nitrogens with zero attached hydrogens (tertiary/aromatic N) is 2. The van der Waals surface area contributed by atoms with E-state index in [0.29, 0.717) is 0 Å². The Hall–Kier alpha value is -2.24. The molecule has 1 N–H and O–H groups in total. The zero-order valence-corrected chi connectivity index (χ0v) is 8.40. The van der Waals surface area contributed by atoms with Crippen LogP contribution in [-0.2, 0) is 0 Å². The molecule has 0 fully saturated rings. The molecule has 0 aliphatic rings. The number of methoxy groups -OCH3 is 1. The van der Waals surface area contributed by atoms with E-state index in [0.717, 1.165) is 0 Å². The van der Waals surface area contributed by atoms with E-state index in [4.69, 9.17) is 4.74 Å². The standard InChI is InChI=1S/C10H8FN3O2/c1-16-10-13-8(12-9(15)14-10)6-4-2-3-5-7(6)11/h2-5H,1H3,(H,12,13,14,15). The predicted octanol–water partition coefficient (Wildman–Crippen LogP) is 0.980. The lowest BCUT2D eigenvalue weighted by Gasteiger charge is -2.02. The predicted molar refractivity (Wildman–Crippen MR) is 54.6 cm³/mol. The van der Waals surface area contributed by atoms with Gasteiger partial charge in [0, 0.05) is 0 Å². The molecular formula is C10H8FN3O2. The van der Waals surface area contributed by atoms with E-state index in [2.05, 4.69) is 15.0 Å². The summed E-state index contributed by atoms with van der Waals surface area (Å²) in [7, 11) is 1.33. The first-order chi connectivity index (χ1) is 7.70. The fraction of sp³-hybridized carbons (Fsp3) is 0.100. The average Bonchev–Trinajstić information content (AvgIpc) is 2.28. The third-order valence-corrected chi connectivity index (χ3v) is 1.94. The number of rotatable bonds is 2. The van der Waals surface area contributed by atoms with Crippen LogP contribution in [0.5, 0.6) is 6.01 Å². The number of benzene rings is 1. The van der Waals surface area contributed by atoms with Crippen molar-refractivity contribution in [3.63, 3.8) is 0 Å². The van der Waals surface area contributed by atoms with E-state index in [1.165, 1.54) is 19.2 Å². The summed E-state index contributed by atoms with van der Waals surface area (Å²) in [6.45, 7) is 0. The van der Waals surface area contributed by atoms with Crippen molar-refractivity contribution in [3.8, 4) is 17.4 Å². The molecule has 0 radical (unpaired) electrons. The Bertz CT molecular complexity index is 568. The molecule has 0 atom stereocenters. The minimum Gasteiger partial charge on any atom is -0.467 e. The van der Waals surface area contributed by atoms with Gasteiger partial charge in [-0.05, 0) is 12.1 Å². The molecule has 2 rings (SSSR count). The van der Waals surface area contributed by atoms with Crippen molar-refractivity contribution in [3.05, 3.63) is 40.6 Å². The van der Waals surface area contributed by atoms with Gasteiger partial charge in [0.25, 0.3) is 0 Å². The molecule has 0 bridgehead atoms. The zero-order chi connectivity index (χ0) is 11.5. The molecule has 0 amide bonds. The highest BCUT2D eigenvalue weighted by molar-refractivity contribution is 5.55. The molecule has 2 aromatic rings. The van der Waals surface area contributed by atoms with Crippen LogP contribution < -0.4 is 10.4 Å². The molecule has 1 heterocycles. The van der Waals surface area contributed by atoms with E-state index in [-0.39, 0.29) is 17.4 Å². The quantitative estimate of drug-likeness (QED) is 0.820. The molecule has 1 aromatic carbocycles. The summed E-state index contributed by atoms with van der Waals surface area (Å²) in [6.07, 6.45) is 0. The van der Waals surface area contributed by atoms with Crippen LogP contribution in [0.4, 0.5) is 4.39 Å². The van der Waals surface area contributed by atoms with E-state index in [1.54, 1.807) is 12.1 Å². The third-order valence-electron chi connectivity index (χ3n) is 1.94. The minimum absolute atomic E-state index is 0.0925. The van der Waals surface area contributed by atoms with Gasteiger partial charge in [0.2, 0.25) is 0 Å². The van der Waals surface area contributed by atoms with Crippen LogP contribution in [-0.4, -0.2) is 22.1 Å². The highest BCUT2D eigenvalue weighted by Crippen LogP contribution is 2.17. The van der Waals surface area contributed by atoms with E-state index < -0.39 is 11.5 Å². The first-order valence-corrected chi connectivity index (χ1v) is 4.48. The Morgan fingerprint density at radius 2 is 2.06 bits per heavy atom. The van der Waals surface area contributed by atoms with Crippen LogP contribution >= 0.6 is 0 Å². The smallest absolute Gasteiger partial charge is 0.351 e. The Kier molecular flexibility index (Phi) is 2.63. The van der Waals surface area contributed by atoms with Crippen molar-refractivity contribution in [2.45, 2.75) is 0 Å². The van der Waals surface area contributed by atoms with E-state index >= 15 is 0 Å². The zero-order valence-electron chi connectivity index (χ0n) is 8.40. The number of aromatic amines is 1. The molecule has 16 heavy (non-hydrogen) atoms. The van der Waals surface area contributed by atoms with Gasteiger partial charge < -0.3 is 4.74 Å². The monoisotopic (exact) mass is 221 g/mol. The third kappa shape index (κ3) is 1.90. The van der Waals surface area contributed by atoms with Crippen LogP contribution in [0.2, 0.25) is 0 Å². The largest absolute Gasteiger partial charge is 0.467 e. The minimum atomic E-state index is -0.634. The SMILES string of the molecule is COc1nc(-c2ccccc2F)[nH]c(=O)n1. The highest BCUT2D eigenvalue weighted by atomic mass is 19.1. The fourth-order valence-electron chi connectivity index (χ4n) is 1.24. The maximum atomic E-state index is 13.4. The molecule has 0 aliphatic carbocycles. The summed E-state index contributed by atoms with van der Waals surface area (Å²) in [5.74, 6) is -0.381. The summed E-state index contributed by atoms with van der Waals surface area (Å²) in [5, 5.41) is 0. The maximum absolute atomic E-state index is 13.4. The number of H-pyrrole nitrogens is 1. The second kappa shape index (κ2) is 4.09. The molecular weight excluding hydrogens is 213 g/mol. The number of nitrogens with one attached hydrogen (secondary N) is 1. The number of hydrogen-bond acceptors (Lipinski definition) is 4. The average molecular weight is 221 g/mol. The molecule has 5 nitrogen and oxygen atoms in total. The summed E-state index contributed by atoms with van der Waals surface area (Å²) in [6, 6.07) is 5.89. The summed E-state index contributed by atoms with van der Waals surface area (Å²) in [4.78, 5) is 20.8. The van der Waals surface area contributed by atoms with Gasteiger partial charge in [0.15, 0.2) is 0 Å². The molecule has 6 heteroatoms. The van der Waals surface area contributed by atoms with Gasteiger partial charge in [-0.1, -0.05) is 12.1 Å². The van der Waals surface area contributed by atoms with Gasteiger partial charge in [-0.15, -0.1) is 4.98 Å².